The number of anilines is 1. The fraction of sp³-hybridized carbons (Fsp3) is 0.550. The van der Waals surface area contributed by atoms with Gasteiger partial charge in [0, 0.05) is 31.2 Å². The average Bonchev–Trinajstić information content (AvgIpc) is 3.38. The second-order valence-electron chi connectivity index (χ2n) is 8.69. The summed E-state index contributed by atoms with van der Waals surface area (Å²) in [6.45, 7) is 2.63. The topological polar surface area (TPSA) is 178 Å². The van der Waals surface area contributed by atoms with Crippen molar-refractivity contribution in [3.05, 3.63) is 22.5 Å². The number of aliphatic carboxylic acids is 1. The van der Waals surface area contributed by atoms with E-state index in [-0.39, 0.29) is 40.1 Å². The number of oxime groups is 1. The van der Waals surface area contributed by atoms with Crippen molar-refractivity contribution in [2.75, 3.05) is 25.9 Å². The summed E-state index contributed by atoms with van der Waals surface area (Å²) in [5.41, 5.74) is 5.87. The summed E-state index contributed by atoms with van der Waals surface area (Å²) in [6.07, 6.45) is 2.31. The van der Waals surface area contributed by atoms with Crippen LogP contribution in [0.4, 0.5) is 5.13 Å². The second-order valence-corrected chi connectivity index (χ2v) is 11.0. The lowest BCUT2D eigenvalue weighted by Gasteiger charge is -2.53. The van der Waals surface area contributed by atoms with E-state index in [4.69, 9.17) is 5.73 Å². The Balaban J connectivity index is 1.62. The molecule has 0 spiro atoms. The molecule has 3 aliphatic heterocycles. The van der Waals surface area contributed by atoms with Gasteiger partial charge in [0.15, 0.2) is 22.2 Å². The van der Waals surface area contributed by atoms with E-state index >= 15 is 0 Å². The van der Waals surface area contributed by atoms with Gasteiger partial charge in [-0.1, -0.05) is 5.16 Å². The Hall–Kier alpha value is -2.68. The fourth-order valence-electron chi connectivity index (χ4n) is 5.27. The van der Waals surface area contributed by atoms with Crippen molar-refractivity contribution in [1.29, 1.82) is 0 Å². The predicted octanol–water partition coefficient (Wildman–Crippen LogP) is -0.0204. The van der Waals surface area contributed by atoms with Gasteiger partial charge in [-0.05, 0) is 6.92 Å². The number of nitrogen functional groups attached to an aromatic ring is 1. The molecule has 0 bridgehead atoms. The van der Waals surface area contributed by atoms with Crippen molar-refractivity contribution < 1.29 is 34.3 Å². The number of aromatic nitrogens is 1. The SMILES string of the molecule is CC1S[C@@H]2C(NC(=O)C(=NO)c3csc(N)n3)C(=O)N2C(C(=O)O)=C1[N+]1(C)CCCC1CCO. The number of carbonyl (C=O) groups excluding carboxylic acids is 2. The van der Waals surface area contributed by atoms with Crippen LogP contribution in [0.3, 0.4) is 0 Å². The molecular weight excluding hydrogens is 484 g/mol. The van der Waals surface area contributed by atoms with Gasteiger partial charge in [-0.25, -0.2) is 9.78 Å². The third kappa shape index (κ3) is 3.83. The highest BCUT2D eigenvalue weighted by molar-refractivity contribution is 8.00. The van der Waals surface area contributed by atoms with Gasteiger partial charge in [0.25, 0.3) is 11.8 Å². The summed E-state index contributed by atoms with van der Waals surface area (Å²) in [5, 5.41) is 35.3. The van der Waals surface area contributed by atoms with Crippen LogP contribution in [0, 0.1) is 0 Å². The number of nitrogens with zero attached hydrogens (tertiary/aromatic N) is 4. The molecule has 0 radical (unpaired) electrons. The number of thioether (sulfide) groups is 1. The lowest BCUT2D eigenvalue weighted by atomic mass is 10.0. The Bertz CT molecular complexity index is 1090. The summed E-state index contributed by atoms with van der Waals surface area (Å²) < 4.78 is 0.371. The standard InChI is InChI=1S/C20H26N6O6S2/c1-9-15(26(2)6-3-4-10(26)5-7-27)14(19(30)31)25-17(29)13(18(25)34-9)23-16(28)12(24-32)11-8-33-20(21)22-11/h8-10,13,18,27H,3-7H2,1-2H3,(H4-,21,22,23,28,30,31,32)/p+1/t9?,10?,13?,18-,26?/m1/s1. The van der Waals surface area contributed by atoms with Gasteiger partial charge in [0.05, 0.1) is 24.9 Å². The van der Waals surface area contributed by atoms with Gasteiger partial charge in [-0.3, -0.25) is 19.0 Å². The van der Waals surface area contributed by atoms with Crippen molar-refractivity contribution in [1.82, 2.24) is 15.2 Å². The van der Waals surface area contributed by atoms with E-state index < -0.39 is 29.2 Å². The van der Waals surface area contributed by atoms with Gasteiger partial charge in [0.2, 0.25) is 0 Å². The number of amides is 2. The number of likely N-dealkylation sites (tertiary alicyclic amines) is 1. The lowest BCUT2D eigenvalue weighted by Crippen LogP contribution is -2.72. The number of quaternary nitrogens is 1. The number of thiazole rings is 1. The highest BCUT2D eigenvalue weighted by Crippen LogP contribution is 2.49. The normalized spacial score (nSPS) is 31.3. The van der Waals surface area contributed by atoms with Crippen LogP contribution in [0.2, 0.25) is 0 Å². The number of aliphatic hydroxyl groups is 1. The molecule has 1 aromatic rings. The van der Waals surface area contributed by atoms with E-state index in [0.29, 0.717) is 16.6 Å². The molecule has 2 amide bonds. The van der Waals surface area contributed by atoms with Crippen LogP contribution < -0.4 is 11.1 Å². The number of fused-ring (bicyclic) bond motifs is 1. The summed E-state index contributed by atoms with van der Waals surface area (Å²) in [7, 11) is 1.97. The van der Waals surface area contributed by atoms with Gasteiger partial charge < -0.3 is 26.5 Å². The molecular formula is C20H27N6O6S2+. The van der Waals surface area contributed by atoms with Gasteiger partial charge in [-0.15, -0.1) is 23.1 Å². The first-order valence-corrected chi connectivity index (χ1v) is 12.6. The first-order valence-electron chi connectivity index (χ1n) is 10.8. The number of carbonyl (C=O) groups is 3. The molecule has 6 N–H and O–H groups in total. The number of nitrogens with one attached hydrogen (secondary N) is 1. The quantitative estimate of drug-likeness (QED) is 0.111. The number of nitrogens with two attached hydrogens (primary N) is 1. The molecule has 5 atom stereocenters. The molecule has 184 valence electrons. The van der Waals surface area contributed by atoms with Crippen molar-refractivity contribution in [2.45, 2.75) is 48.9 Å². The van der Waals surface area contributed by atoms with Crippen LogP contribution in [0.1, 0.15) is 31.9 Å². The van der Waals surface area contributed by atoms with E-state index in [1.54, 1.807) is 0 Å². The van der Waals surface area contributed by atoms with E-state index in [1.807, 2.05) is 14.0 Å². The first kappa shape index (κ1) is 24.4. The number of β-lactam (4-membered cyclic amide) rings is 1. The molecule has 0 aliphatic carbocycles. The number of carboxylic acids is 1. The average molecular weight is 512 g/mol. The van der Waals surface area contributed by atoms with E-state index in [9.17, 15) is 29.8 Å². The second kappa shape index (κ2) is 9.17. The van der Waals surface area contributed by atoms with Crippen LogP contribution in [0.15, 0.2) is 21.9 Å². The minimum Gasteiger partial charge on any atom is -0.476 e. The van der Waals surface area contributed by atoms with Gasteiger partial charge in [0.1, 0.15) is 17.1 Å². The zero-order chi connectivity index (χ0) is 24.8. The van der Waals surface area contributed by atoms with Crippen molar-refractivity contribution in [2.24, 2.45) is 5.16 Å². The minimum absolute atomic E-state index is 0.00840. The van der Waals surface area contributed by atoms with Crippen LogP contribution >= 0.6 is 23.1 Å². The molecule has 0 saturated carbocycles. The summed E-state index contributed by atoms with van der Waals surface area (Å²) in [4.78, 5) is 43.4. The first-order chi connectivity index (χ1) is 16.1. The molecule has 34 heavy (non-hydrogen) atoms. The highest BCUT2D eigenvalue weighted by atomic mass is 32.2. The molecule has 1 aromatic heterocycles. The van der Waals surface area contributed by atoms with Gasteiger partial charge in [-0.2, -0.15) is 0 Å². The largest absolute Gasteiger partial charge is 0.476 e. The lowest BCUT2D eigenvalue weighted by molar-refractivity contribution is -0.886. The predicted molar refractivity (Wildman–Crippen MR) is 125 cm³/mol. The molecule has 0 aromatic carbocycles. The van der Waals surface area contributed by atoms with Crippen LogP contribution in [0.25, 0.3) is 0 Å². The summed E-state index contributed by atoms with van der Waals surface area (Å²) in [5.74, 6) is -2.56. The Morgan fingerprint density at radius 3 is 2.76 bits per heavy atom. The molecule has 2 fully saturated rings. The number of aliphatic hydroxyl groups excluding tert-OH is 1. The van der Waals surface area contributed by atoms with Crippen molar-refractivity contribution in [3.63, 3.8) is 0 Å². The summed E-state index contributed by atoms with van der Waals surface area (Å²) in [6, 6.07) is -0.921. The minimum atomic E-state index is -1.20. The van der Waals surface area contributed by atoms with Crippen LogP contribution in [-0.4, -0.2) is 96.2 Å². The Morgan fingerprint density at radius 2 is 2.18 bits per heavy atom. The summed E-state index contributed by atoms with van der Waals surface area (Å²) >= 11 is 2.47. The van der Waals surface area contributed by atoms with Crippen LogP contribution in [0.5, 0.6) is 0 Å². The smallest absolute Gasteiger partial charge is 0.358 e. The molecule has 14 heteroatoms. The molecule has 4 rings (SSSR count). The van der Waals surface area contributed by atoms with E-state index in [0.717, 1.165) is 30.7 Å². The third-order valence-corrected chi connectivity index (χ3v) is 8.87. The molecule has 3 aliphatic rings. The van der Waals surface area contributed by atoms with Crippen LogP contribution in [-0.2, 0) is 14.4 Å². The molecule has 2 saturated heterocycles. The molecule has 12 nitrogen and oxygen atoms in total. The number of carboxylic acid groups (broad SMARTS) is 1. The number of rotatable bonds is 7. The van der Waals surface area contributed by atoms with E-state index in [2.05, 4.69) is 15.5 Å². The Labute approximate surface area is 203 Å². The maximum atomic E-state index is 13.1. The zero-order valence-electron chi connectivity index (χ0n) is 18.7. The third-order valence-electron chi connectivity index (χ3n) is 6.80. The number of hydrogen-bond donors (Lipinski definition) is 5. The Morgan fingerprint density at radius 1 is 1.44 bits per heavy atom. The maximum absolute atomic E-state index is 13.1. The maximum Gasteiger partial charge on any atom is 0.358 e. The van der Waals surface area contributed by atoms with Crippen molar-refractivity contribution in [3.8, 4) is 0 Å². The van der Waals surface area contributed by atoms with Gasteiger partial charge >= 0.3 is 5.97 Å². The number of hydrogen-bond acceptors (Lipinski definition) is 10. The highest BCUT2D eigenvalue weighted by Gasteiger charge is 2.60. The molecule has 4 heterocycles. The van der Waals surface area contributed by atoms with Crippen molar-refractivity contribution >= 4 is 51.7 Å². The fourth-order valence-corrected chi connectivity index (χ4v) is 7.39. The Kier molecular flexibility index (Phi) is 6.59. The monoisotopic (exact) mass is 511 g/mol. The van der Waals surface area contributed by atoms with E-state index in [1.165, 1.54) is 22.0 Å². The molecule has 4 unspecified atom stereocenters. The zero-order valence-corrected chi connectivity index (χ0v) is 20.3.